The molecule has 4 nitrogen and oxygen atoms in total. The minimum absolute atomic E-state index is 0.657. The van der Waals surface area contributed by atoms with Gasteiger partial charge in [-0.05, 0) is 31.7 Å². The Morgan fingerprint density at radius 3 is 3.26 bits per heavy atom. The molecule has 2 rings (SSSR count). The van der Waals surface area contributed by atoms with Crippen LogP contribution in [0.2, 0.25) is 0 Å². The van der Waals surface area contributed by atoms with E-state index in [4.69, 9.17) is 4.74 Å². The Balaban J connectivity index is 1.86. The van der Waals surface area contributed by atoms with Crippen molar-refractivity contribution in [2.75, 3.05) is 38.3 Å². The van der Waals surface area contributed by atoms with Crippen LogP contribution in [0.5, 0.6) is 0 Å². The van der Waals surface area contributed by atoms with E-state index in [1.54, 1.807) is 7.11 Å². The number of anilines is 1. The maximum atomic E-state index is 5.28. The van der Waals surface area contributed by atoms with E-state index in [2.05, 4.69) is 22.1 Å². The van der Waals surface area contributed by atoms with Gasteiger partial charge >= 0.3 is 0 Å². The van der Waals surface area contributed by atoms with Crippen molar-refractivity contribution in [2.24, 2.45) is 5.92 Å². The zero-order valence-corrected chi connectivity index (χ0v) is 12.8. The second kappa shape index (κ2) is 7.82. The summed E-state index contributed by atoms with van der Waals surface area (Å²) in [6.07, 6.45) is 5.72. The molecule has 1 aromatic rings. The zero-order valence-electron chi connectivity index (χ0n) is 12.0. The Bertz CT molecular complexity index is 367. The highest BCUT2D eigenvalue weighted by Gasteiger charge is 2.21. The third kappa shape index (κ3) is 4.44. The molecule has 0 saturated carbocycles. The van der Waals surface area contributed by atoms with Crippen molar-refractivity contribution in [1.82, 2.24) is 10.3 Å². The van der Waals surface area contributed by atoms with Crippen molar-refractivity contribution in [1.29, 1.82) is 0 Å². The summed E-state index contributed by atoms with van der Waals surface area (Å²) in [5, 5.41) is 4.60. The predicted octanol–water partition coefficient (Wildman–Crippen LogP) is 2.51. The Kier molecular flexibility index (Phi) is 6.07. The van der Waals surface area contributed by atoms with E-state index < -0.39 is 0 Å². The van der Waals surface area contributed by atoms with Crippen LogP contribution < -0.4 is 10.2 Å². The Morgan fingerprint density at radius 2 is 2.47 bits per heavy atom. The van der Waals surface area contributed by atoms with Crippen molar-refractivity contribution < 1.29 is 4.74 Å². The van der Waals surface area contributed by atoms with Gasteiger partial charge in [0.1, 0.15) is 0 Å². The third-order valence-electron chi connectivity index (χ3n) is 3.46. The molecule has 1 N–H and O–H groups in total. The van der Waals surface area contributed by atoms with E-state index in [-0.39, 0.29) is 0 Å². The summed E-state index contributed by atoms with van der Waals surface area (Å²) in [5.41, 5.74) is 0. The van der Waals surface area contributed by atoms with Crippen molar-refractivity contribution in [2.45, 2.75) is 32.7 Å². The van der Waals surface area contributed by atoms with Gasteiger partial charge in [0.05, 0.1) is 6.61 Å². The number of hydrogen-bond donors (Lipinski definition) is 1. The summed E-state index contributed by atoms with van der Waals surface area (Å²) >= 11 is 1.82. The molecular weight excluding hydrogens is 258 g/mol. The van der Waals surface area contributed by atoms with Gasteiger partial charge in [0, 0.05) is 37.8 Å². The molecule has 0 amide bonds. The van der Waals surface area contributed by atoms with E-state index in [1.165, 1.54) is 29.3 Å². The number of nitrogens with zero attached hydrogens (tertiary/aromatic N) is 2. The zero-order chi connectivity index (χ0) is 13.5. The number of hydrogen-bond acceptors (Lipinski definition) is 5. The molecule has 19 heavy (non-hydrogen) atoms. The standard InChI is InChI=1S/C14H25N3OS/c1-3-6-15-8-13-9-16-14(19-13)17-7-4-5-12(10-17)11-18-2/h9,12,15H,3-8,10-11H2,1-2H3. The van der Waals surface area contributed by atoms with E-state index in [0.29, 0.717) is 5.92 Å². The molecule has 0 aliphatic carbocycles. The van der Waals surface area contributed by atoms with Crippen LogP contribution in [-0.2, 0) is 11.3 Å². The van der Waals surface area contributed by atoms with Crippen LogP contribution in [0.25, 0.3) is 0 Å². The molecule has 1 aliphatic heterocycles. The number of thiazole rings is 1. The van der Waals surface area contributed by atoms with Crippen LogP contribution in [-0.4, -0.2) is 38.3 Å². The average molecular weight is 283 g/mol. The number of rotatable bonds is 7. The maximum Gasteiger partial charge on any atom is 0.185 e. The minimum atomic E-state index is 0.657. The average Bonchev–Trinajstić information content (AvgIpc) is 2.89. The molecule has 2 heterocycles. The molecule has 0 bridgehead atoms. The monoisotopic (exact) mass is 283 g/mol. The number of nitrogens with one attached hydrogen (secondary N) is 1. The smallest absolute Gasteiger partial charge is 0.185 e. The second-order valence-electron chi connectivity index (χ2n) is 5.20. The number of methoxy groups -OCH3 is 1. The first-order valence-corrected chi connectivity index (χ1v) is 8.04. The molecular formula is C14H25N3OS. The van der Waals surface area contributed by atoms with Crippen LogP contribution in [0.3, 0.4) is 0 Å². The first-order valence-electron chi connectivity index (χ1n) is 7.22. The van der Waals surface area contributed by atoms with Gasteiger partial charge < -0.3 is 15.0 Å². The van der Waals surface area contributed by atoms with Crippen molar-refractivity contribution in [3.05, 3.63) is 11.1 Å². The fourth-order valence-electron chi connectivity index (χ4n) is 2.52. The lowest BCUT2D eigenvalue weighted by molar-refractivity contribution is 0.143. The van der Waals surface area contributed by atoms with Gasteiger partial charge in [-0.2, -0.15) is 0 Å². The summed E-state index contributed by atoms with van der Waals surface area (Å²) in [7, 11) is 1.79. The first kappa shape index (κ1) is 14.8. The SMILES string of the molecule is CCCNCc1cnc(N2CCCC(COC)C2)s1. The fourth-order valence-corrected chi connectivity index (χ4v) is 3.44. The first-order chi connectivity index (χ1) is 9.33. The fraction of sp³-hybridized carbons (Fsp3) is 0.786. The lowest BCUT2D eigenvalue weighted by Crippen LogP contribution is -2.37. The minimum Gasteiger partial charge on any atom is -0.384 e. The quantitative estimate of drug-likeness (QED) is 0.780. The molecule has 1 atom stereocenters. The molecule has 1 aromatic heterocycles. The molecule has 0 radical (unpaired) electrons. The van der Waals surface area contributed by atoms with Crippen LogP contribution in [0, 0.1) is 5.92 Å². The van der Waals surface area contributed by atoms with Gasteiger partial charge in [-0.15, -0.1) is 11.3 Å². The van der Waals surface area contributed by atoms with Crippen molar-refractivity contribution in [3.63, 3.8) is 0 Å². The maximum absolute atomic E-state index is 5.28. The molecule has 5 heteroatoms. The van der Waals surface area contributed by atoms with Gasteiger partial charge in [-0.3, -0.25) is 0 Å². The van der Waals surface area contributed by atoms with Crippen LogP contribution in [0.15, 0.2) is 6.20 Å². The summed E-state index contributed by atoms with van der Waals surface area (Å²) in [6, 6.07) is 0. The highest BCUT2D eigenvalue weighted by molar-refractivity contribution is 7.15. The lowest BCUT2D eigenvalue weighted by Gasteiger charge is -2.32. The van der Waals surface area contributed by atoms with Crippen LogP contribution in [0.1, 0.15) is 31.1 Å². The van der Waals surface area contributed by atoms with Gasteiger partial charge in [0.2, 0.25) is 0 Å². The van der Waals surface area contributed by atoms with Crippen LogP contribution in [0.4, 0.5) is 5.13 Å². The molecule has 1 fully saturated rings. The number of aromatic nitrogens is 1. The van der Waals surface area contributed by atoms with E-state index in [9.17, 15) is 0 Å². The van der Waals surface area contributed by atoms with E-state index in [0.717, 1.165) is 32.8 Å². The summed E-state index contributed by atoms with van der Waals surface area (Å²) in [4.78, 5) is 8.33. The molecule has 108 valence electrons. The number of ether oxygens (including phenoxy) is 1. The summed E-state index contributed by atoms with van der Waals surface area (Å²) < 4.78 is 5.28. The highest BCUT2D eigenvalue weighted by atomic mass is 32.1. The van der Waals surface area contributed by atoms with Crippen molar-refractivity contribution in [3.8, 4) is 0 Å². The topological polar surface area (TPSA) is 37.4 Å². The molecule has 1 saturated heterocycles. The van der Waals surface area contributed by atoms with Crippen LogP contribution >= 0.6 is 11.3 Å². The Hall–Kier alpha value is -0.650. The van der Waals surface area contributed by atoms with Gasteiger partial charge in [-0.1, -0.05) is 6.92 Å². The normalized spacial score (nSPS) is 19.9. The summed E-state index contributed by atoms with van der Waals surface area (Å²) in [6.45, 7) is 7.30. The molecule has 1 aliphatic rings. The van der Waals surface area contributed by atoms with E-state index in [1.807, 2.05) is 17.5 Å². The van der Waals surface area contributed by atoms with E-state index >= 15 is 0 Å². The molecule has 1 unspecified atom stereocenters. The molecule has 0 spiro atoms. The largest absolute Gasteiger partial charge is 0.384 e. The Morgan fingerprint density at radius 1 is 1.58 bits per heavy atom. The highest BCUT2D eigenvalue weighted by Crippen LogP contribution is 2.27. The van der Waals surface area contributed by atoms with Crippen molar-refractivity contribution >= 4 is 16.5 Å². The number of piperidine rings is 1. The van der Waals surface area contributed by atoms with Gasteiger partial charge in [0.25, 0.3) is 0 Å². The Labute approximate surface area is 120 Å². The molecule has 0 aromatic carbocycles. The van der Waals surface area contributed by atoms with Gasteiger partial charge in [-0.25, -0.2) is 4.98 Å². The lowest BCUT2D eigenvalue weighted by atomic mass is 9.99. The van der Waals surface area contributed by atoms with Gasteiger partial charge in [0.15, 0.2) is 5.13 Å². The summed E-state index contributed by atoms with van der Waals surface area (Å²) in [5.74, 6) is 0.657. The third-order valence-corrected chi connectivity index (χ3v) is 4.52. The second-order valence-corrected chi connectivity index (χ2v) is 6.29. The predicted molar refractivity (Wildman–Crippen MR) is 80.9 cm³/mol.